The van der Waals surface area contributed by atoms with E-state index in [4.69, 9.17) is 28.1 Å². The first-order chi connectivity index (χ1) is 12.6. The highest BCUT2D eigenvalue weighted by atomic mass is 32.1. The normalized spacial score (nSPS) is 10.3. The molecule has 0 unspecified atom stereocenters. The highest BCUT2D eigenvalue weighted by molar-refractivity contribution is 7.80. The topological polar surface area (TPSA) is 87.3 Å². The first-order valence-electron chi connectivity index (χ1n) is 8.49. The van der Waals surface area contributed by atoms with Crippen molar-refractivity contribution in [2.45, 2.75) is 20.0 Å². The van der Waals surface area contributed by atoms with Gasteiger partial charge in [-0.25, -0.2) is 0 Å². The van der Waals surface area contributed by atoms with E-state index >= 15 is 0 Å². The molecule has 2 rings (SSSR count). The minimum absolute atomic E-state index is 0.0821. The number of pyridine rings is 1. The van der Waals surface area contributed by atoms with Crippen molar-refractivity contribution in [2.24, 2.45) is 5.73 Å². The monoisotopic (exact) mass is 371 g/mol. The minimum Gasteiger partial charge on any atom is -0.375 e. The summed E-state index contributed by atoms with van der Waals surface area (Å²) in [6.07, 6.45) is 2.43. The van der Waals surface area contributed by atoms with Gasteiger partial charge in [0.25, 0.3) is 0 Å². The van der Waals surface area contributed by atoms with Crippen molar-refractivity contribution in [1.82, 2.24) is 15.2 Å². The number of hydrogen-bond donors (Lipinski definition) is 3. The quantitative estimate of drug-likeness (QED) is 0.285. The van der Waals surface area contributed by atoms with Gasteiger partial charge in [0.05, 0.1) is 13.2 Å². The molecular formula is C19H25N5OS. The fraction of sp³-hybridized carbons (Fsp3) is 0.316. The van der Waals surface area contributed by atoms with Crippen LogP contribution < -0.4 is 11.1 Å². The van der Waals surface area contributed by atoms with Crippen molar-refractivity contribution in [2.75, 3.05) is 19.7 Å². The van der Waals surface area contributed by atoms with Crippen molar-refractivity contribution in [3.05, 3.63) is 65.5 Å². The molecule has 0 aliphatic heterocycles. The van der Waals surface area contributed by atoms with Gasteiger partial charge in [0.1, 0.15) is 0 Å². The van der Waals surface area contributed by atoms with E-state index in [1.165, 1.54) is 0 Å². The molecular weight excluding hydrogens is 346 g/mol. The molecule has 7 heteroatoms. The molecule has 0 radical (unpaired) electrons. The molecule has 0 spiro atoms. The summed E-state index contributed by atoms with van der Waals surface area (Å²) in [7, 11) is 0. The molecule has 0 aliphatic rings. The molecule has 4 N–H and O–H groups in total. The number of ether oxygens (including phenoxy) is 1. The maximum Gasteiger partial charge on any atom is 0.194 e. The Hall–Kier alpha value is -2.51. The van der Waals surface area contributed by atoms with Crippen LogP contribution in [0.25, 0.3) is 0 Å². The average molecular weight is 372 g/mol. The molecule has 1 heterocycles. The number of thiocarbonyl (C=S) groups is 1. The number of nitrogens with zero attached hydrogens (tertiary/aromatic N) is 2. The van der Waals surface area contributed by atoms with Gasteiger partial charge in [0, 0.05) is 31.4 Å². The van der Waals surface area contributed by atoms with Crippen LogP contribution in [0.2, 0.25) is 0 Å². The predicted molar refractivity (Wildman–Crippen MR) is 108 cm³/mol. The summed E-state index contributed by atoms with van der Waals surface area (Å²) in [5, 5.41) is 11.3. The Balaban J connectivity index is 1.73. The number of aryl methyl sites for hydroxylation is 1. The smallest absolute Gasteiger partial charge is 0.194 e. The average Bonchev–Trinajstić information content (AvgIpc) is 2.63. The Morgan fingerprint density at radius 2 is 2.04 bits per heavy atom. The molecule has 0 aliphatic carbocycles. The second kappa shape index (κ2) is 10.5. The summed E-state index contributed by atoms with van der Waals surface area (Å²) < 4.78 is 5.62. The maximum absolute atomic E-state index is 7.75. The largest absolute Gasteiger partial charge is 0.375 e. The molecule has 2 aromatic rings. The predicted octanol–water partition coefficient (Wildman–Crippen LogP) is 2.22. The third kappa shape index (κ3) is 6.42. The summed E-state index contributed by atoms with van der Waals surface area (Å²) in [5.74, 6) is -0.0821. The first kappa shape index (κ1) is 19.8. The number of aromatic nitrogens is 1. The summed E-state index contributed by atoms with van der Waals surface area (Å²) in [4.78, 5) is 5.93. The van der Waals surface area contributed by atoms with Gasteiger partial charge < -0.3 is 15.8 Å². The first-order valence-corrected chi connectivity index (χ1v) is 8.90. The van der Waals surface area contributed by atoms with Crippen molar-refractivity contribution >= 4 is 23.3 Å². The van der Waals surface area contributed by atoms with Gasteiger partial charge in [-0.15, -0.1) is 0 Å². The Morgan fingerprint density at radius 3 is 2.73 bits per heavy atom. The van der Waals surface area contributed by atoms with Crippen molar-refractivity contribution in [3.8, 4) is 0 Å². The van der Waals surface area contributed by atoms with Gasteiger partial charge in [-0.2, -0.15) is 0 Å². The van der Waals surface area contributed by atoms with E-state index in [1.54, 1.807) is 11.1 Å². The number of hydrogen-bond acceptors (Lipinski definition) is 4. The van der Waals surface area contributed by atoms with Gasteiger partial charge in [0.15, 0.2) is 11.1 Å². The van der Waals surface area contributed by atoms with Crippen LogP contribution in [-0.2, 0) is 17.8 Å². The second-order valence-electron chi connectivity index (χ2n) is 5.82. The zero-order valence-electron chi connectivity index (χ0n) is 14.9. The Bertz CT molecular complexity index is 723. The van der Waals surface area contributed by atoms with Crippen LogP contribution in [0, 0.1) is 12.3 Å². The van der Waals surface area contributed by atoms with Gasteiger partial charge >= 0.3 is 0 Å². The van der Waals surface area contributed by atoms with Crippen LogP contribution in [0.5, 0.6) is 0 Å². The Kier molecular flexibility index (Phi) is 7.98. The highest BCUT2D eigenvalue weighted by Crippen LogP contribution is 2.05. The van der Waals surface area contributed by atoms with Crippen molar-refractivity contribution in [1.29, 1.82) is 5.41 Å². The molecule has 0 bridgehead atoms. The van der Waals surface area contributed by atoms with Crippen LogP contribution in [0.4, 0.5) is 0 Å². The number of rotatable bonds is 8. The van der Waals surface area contributed by atoms with Crippen molar-refractivity contribution < 1.29 is 4.74 Å². The zero-order valence-corrected chi connectivity index (χ0v) is 15.8. The van der Waals surface area contributed by atoms with E-state index < -0.39 is 0 Å². The molecule has 138 valence electrons. The van der Waals surface area contributed by atoms with Crippen LogP contribution >= 0.6 is 12.2 Å². The molecule has 0 atom stereocenters. The highest BCUT2D eigenvalue weighted by Gasteiger charge is 2.13. The molecule has 1 aromatic carbocycles. The summed E-state index contributed by atoms with van der Waals surface area (Å²) >= 11 is 5.36. The number of guanidine groups is 1. The SMILES string of the molecule is Cc1cccnc1CCN(C(=N)N)C(=S)NCCOCc1ccccc1. The van der Waals surface area contributed by atoms with Gasteiger partial charge in [-0.05, 0) is 36.3 Å². The molecule has 26 heavy (non-hydrogen) atoms. The van der Waals surface area contributed by atoms with Crippen LogP contribution in [0.15, 0.2) is 48.7 Å². The molecule has 0 fully saturated rings. The summed E-state index contributed by atoms with van der Waals surface area (Å²) in [6.45, 7) is 4.15. The summed E-state index contributed by atoms with van der Waals surface area (Å²) in [6, 6.07) is 13.9. The van der Waals surface area contributed by atoms with Crippen LogP contribution in [-0.4, -0.2) is 40.7 Å². The molecule has 0 saturated carbocycles. The van der Waals surface area contributed by atoms with E-state index in [2.05, 4.69) is 10.3 Å². The van der Waals surface area contributed by atoms with E-state index in [9.17, 15) is 0 Å². The third-order valence-electron chi connectivity index (χ3n) is 3.86. The second-order valence-corrected chi connectivity index (χ2v) is 6.21. The lowest BCUT2D eigenvalue weighted by Gasteiger charge is -2.24. The van der Waals surface area contributed by atoms with E-state index in [0.717, 1.165) is 16.8 Å². The van der Waals surface area contributed by atoms with E-state index in [1.807, 2.05) is 49.4 Å². The van der Waals surface area contributed by atoms with Gasteiger partial charge in [-0.3, -0.25) is 15.3 Å². The lowest BCUT2D eigenvalue weighted by molar-refractivity contribution is 0.125. The Morgan fingerprint density at radius 1 is 1.27 bits per heavy atom. The number of benzene rings is 1. The minimum atomic E-state index is -0.0821. The zero-order chi connectivity index (χ0) is 18.8. The molecule has 6 nitrogen and oxygen atoms in total. The summed E-state index contributed by atoms with van der Waals surface area (Å²) in [5.41, 5.74) is 8.90. The number of nitrogens with one attached hydrogen (secondary N) is 2. The molecule has 1 aromatic heterocycles. The van der Waals surface area contributed by atoms with E-state index in [-0.39, 0.29) is 5.96 Å². The standard InChI is InChI=1S/C19H25N5OS/c1-15-6-5-10-22-17(15)9-12-24(18(20)21)19(26)23-11-13-25-14-16-7-3-2-4-8-16/h2-8,10H,9,11-14H2,1H3,(H3,20,21)(H,23,26). The number of nitrogens with two attached hydrogens (primary N) is 1. The maximum atomic E-state index is 7.75. The lowest BCUT2D eigenvalue weighted by atomic mass is 10.1. The van der Waals surface area contributed by atoms with Gasteiger partial charge in [0.2, 0.25) is 0 Å². The fourth-order valence-corrected chi connectivity index (χ4v) is 2.71. The van der Waals surface area contributed by atoms with Crippen molar-refractivity contribution in [3.63, 3.8) is 0 Å². The lowest BCUT2D eigenvalue weighted by Crippen LogP contribution is -2.48. The van der Waals surface area contributed by atoms with E-state index in [0.29, 0.717) is 37.8 Å². The molecule has 0 amide bonds. The third-order valence-corrected chi connectivity index (χ3v) is 4.22. The van der Waals surface area contributed by atoms with Crippen LogP contribution in [0.1, 0.15) is 16.8 Å². The van der Waals surface area contributed by atoms with Gasteiger partial charge in [-0.1, -0.05) is 36.4 Å². The van der Waals surface area contributed by atoms with Crippen LogP contribution in [0.3, 0.4) is 0 Å². The Labute approximate surface area is 159 Å². The fourth-order valence-electron chi connectivity index (χ4n) is 2.42. The molecule has 0 saturated heterocycles.